The lowest BCUT2D eigenvalue weighted by molar-refractivity contribution is 0.0636. The molecule has 0 bridgehead atoms. The van der Waals surface area contributed by atoms with Crippen LogP contribution in [-0.2, 0) is 11.2 Å². The summed E-state index contributed by atoms with van der Waals surface area (Å²) >= 11 is 0. The maximum absolute atomic E-state index is 12.0. The molecular formula is C21H28N4O2. The fourth-order valence-corrected chi connectivity index (χ4v) is 3.26. The van der Waals surface area contributed by atoms with Gasteiger partial charge in [0.25, 0.3) is 0 Å². The zero-order valence-electron chi connectivity index (χ0n) is 16.7. The molecule has 27 heavy (non-hydrogen) atoms. The van der Waals surface area contributed by atoms with Crippen LogP contribution in [-0.4, -0.2) is 21.9 Å². The largest absolute Gasteiger partial charge is 0.444 e. The van der Waals surface area contributed by atoms with E-state index in [2.05, 4.69) is 26.9 Å². The van der Waals surface area contributed by atoms with Crippen LogP contribution in [0, 0.1) is 13.8 Å². The lowest BCUT2D eigenvalue weighted by Crippen LogP contribution is -2.27. The number of fused-ring (bicyclic) bond motifs is 1. The van der Waals surface area contributed by atoms with Crippen LogP contribution in [0.1, 0.15) is 62.0 Å². The first-order valence-electron chi connectivity index (χ1n) is 9.41. The quantitative estimate of drug-likeness (QED) is 0.803. The number of ether oxygens (including phenoxy) is 1. The number of nitrogens with zero attached hydrogens (tertiary/aromatic N) is 2. The minimum absolute atomic E-state index is 0.195. The predicted molar refractivity (Wildman–Crippen MR) is 107 cm³/mol. The van der Waals surface area contributed by atoms with Crippen molar-refractivity contribution in [1.29, 1.82) is 0 Å². The van der Waals surface area contributed by atoms with Crippen LogP contribution in [0.15, 0.2) is 24.3 Å². The molecule has 0 aliphatic heterocycles. The summed E-state index contributed by atoms with van der Waals surface area (Å²) in [7, 11) is 0. The standard InChI is InChI=1S/C21H28N4O2/c1-13-11-19(25-24-14(13)2)23-18-8-6-7-15-12-16(9-10-17(15)18)22-20(26)27-21(3,4)5/h9-12,18H,6-8H2,1-5H3,(H,22,26)(H,23,25). The highest BCUT2D eigenvalue weighted by Crippen LogP contribution is 2.34. The number of nitrogens with one attached hydrogen (secondary N) is 2. The van der Waals surface area contributed by atoms with Crippen molar-refractivity contribution in [2.45, 2.75) is 65.5 Å². The van der Waals surface area contributed by atoms with Gasteiger partial charge in [-0.05, 0) is 88.8 Å². The molecule has 0 fully saturated rings. The van der Waals surface area contributed by atoms with Crippen molar-refractivity contribution in [3.8, 4) is 0 Å². The molecule has 1 atom stereocenters. The molecule has 1 aromatic carbocycles. The number of aromatic nitrogens is 2. The van der Waals surface area contributed by atoms with Crippen LogP contribution < -0.4 is 10.6 Å². The smallest absolute Gasteiger partial charge is 0.412 e. The molecule has 1 aromatic heterocycles. The molecule has 1 heterocycles. The van der Waals surface area contributed by atoms with E-state index in [1.807, 2.05) is 52.8 Å². The summed E-state index contributed by atoms with van der Waals surface area (Å²) in [6, 6.07) is 8.27. The highest BCUT2D eigenvalue weighted by atomic mass is 16.6. The zero-order chi connectivity index (χ0) is 19.6. The van der Waals surface area contributed by atoms with Crippen molar-refractivity contribution < 1.29 is 9.53 Å². The Morgan fingerprint density at radius 2 is 1.96 bits per heavy atom. The summed E-state index contributed by atoms with van der Waals surface area (Å²) in [6.45, 7) is 9.56. The highest BCUT2D eigenvalue weighted by Gasteiger charge is 2.22. The number of rotatable bonds is 3. The van der Waals surface area contributed by atoms with Gasteiger partial charge < -0.3 is 10.1 Å². The first kappa shape index (κ1) is 19.1. The number of anilines is 2. The third kappa shape index (κ3) is 4.96. The summed E-state index contributed by atoms with van der Waals surface area (Å²) in [6.07, 6.45) is 2.69. The summed E-state index contributed by atoms with van der Waals surface area (Å²) in [5.74, 6) is 0.798. The van der Waals surface area contributed by atoms with Gasteiger partial charge in [-0.1, -0.05) is 6.07 Å². The van der Waals surface area contributed by atoms with Crippen LogP contribution >= 0.6 is 0 Å². The Morgan fingerprint density at radius 1 is 1.19 bits per heavy atom. The van der Waals surface area contributed by atoms with Gasteiger partial charge in [-0.25, -0.2) is 4.79 Å². The maximum atomic E-state index is 12.0. The molecule has 1 unspecified atom stereocenters. The molecule has 0 spiro atoms. The first-order chi connectivity index (χ1) is 12.7. The van der Waals surface area contributed by atoms with Gasteiger partial charge >= 0.3 is 6.09 Å². The van der Waals surface area contributed by atoms with E-state index in [1.54, 1.807) is 0 Å². The highest BCUT2D eigenvalue weighted by molar-refractivity contribution is 5.85. The maximum Gasteiger partial charge on any atom is 0.412 e. The van der Waals surface area contributed by atoms with E-state index in [1.165, 1.54) is 11.1 Å². The number of hydrogen-bond donors (Lipinski definition) is 2. The van der Waals surface area contributed by atoms with Crippen LogP contribution in [0.25, 0.3) is 0 Å². The first-order valence-corrected chi connectivity index (χ1v) is 9.41. The number of carbonyl (C=O) groups is 1. The van der Waals surface area contributed by atoms with E-state index in [-0.39, 0.29) is 6.04 Å². The second kappa shape index (κ2) is 7.55. The minimum Gasteiger partial charge on any atom is -0.444 e. The third-order valence-corrected chi connectivity index (χ3v) is 4.66. The van der Waals surface area contributed by atoms with Crippen LogP contribution in [0.2, 0.25) is 0 Å². The Kier molecular flexibility index (Phi) is 5.35. The molecule has 3 rings (SSSR count). The average Bonchev–Trinajstić information content (AvgIpc) is 2.56. The van der Waals surface area contributed by atoms with Gasteiger partial charge in [0.2, 0.25) is 0 Å². The number of benzene rings is 1. The van der Waals surface area contributed by atoms with Crippen LogP contribution in [0.3, 0.4) is 0 Å². The number of carbonyl (C=O) groups excluding carboxylic acids is 1. The van der Waals surface area contributed by atoms with Crippen LogP contribution in [0.4, 0.5) is 16.3 Å². The lowest BCUT2D eigenvalue weighted by Gasteiger charge is -2.27. The van der Waals surface area contributed by atoms with E-state index in [4.69, 9.17) is 4.74 Å². The monoisotopic (exact) mass is 368 g/mol. The Bertz CT molecular complexity index is 843. The molecule has 0 saturated carbocycles. The summed E-state index contributed by atoms with van der Waals surface area (Å²) in [4.78, 5) is 12.0. The van der Waals surface area contributed by atoms with Gasteiger partial charge in [0.15, 0.2) is 0 Å². The van der Waals surface area contributed by atoms with Gasteiger partial charge in [-0.2, -0.15) is 5.10 Å². The molecule has 1 amide bonds. The lowest BCUT2D eigenvalue weighted by atomic mass is 9.87. The number of aryl methyl sites for hydroxylation is 3. The second-order valence-electron chi connectivity index (χ2n) is 8.13. The van der Waals surface area contributed by atoms with Gasteiger partial charge in [-0.3, -0.25) is 5.32 Å². The summed E-state index contributed by atoms with van der Waals surface area (Å²) < 4.78 is 5.33. The van der Waals surface area contributed by atoms with E-state index >= 15 is 0 Å². The zero-order valence-corrected chi connectivity index (χ0v) is 16.7. The molecule has 0 saturated heterocycles. The van der Waals surface area contributed by atoms with E-state index < -0.39 is 11.7 Å². The Balaban J connectivity index is 1.74. The number of hydrogen-bond acceptors (Lipinski definition) is 5. The van der Waals surface area contributed by atoms with E-state index in [0.717, 1.165) is 42.0 Å². The fraction of sp³-hybridized carbons (Fsp3) is 0.476. The molecule has 6 heteroatoms. The van der Waals surface area contributed by atoms with Crippen molar-refractivity contribution in [2.75, 3.05) is 10.6 Å². The molecular weight excluding hydrogens is 340 g/mol. The van der Waals surface area contributed by atoms with Crippen molar-refractivity contribution in [2.24, 2.45) is 0 Å². The summed E-state index contributed by atoms with van der Waals surface area (Å²) in [5, 5.41) is 14.8. The molecule has 6 nitrogen and oxygen atoms in total. The molecule has 144 valence electrons. The molecule has 0 radical (unpaired) electrons. The Labute approximate surface area is 160 Å². The Hall–Kier alpha value is -2.63. The Morgan fingerprint density at radius 3 is 2.67 bits per heavy atom. The van der Waals surface area contributed by atoms with Crippen molar-refractivity contribution in [3.05, 3.63) is 46.6 Å². The number of amides is 1. The van der Waals surface area contributed by atoms with Crippen molar-refractivity contribution in [1.82, 2.24) is 10.2 Å². The van der Waals surface area contributed by atoms with E-state index in [0.29, 0.717) is 0 Å². The normalized spacial score (nSPS) is 16.4. The third-order valence-electron chi connectivity index (χ3n) is 4.66. The van der Waals surface area contributed by atoms with Crippen molar-refractivity contribution in [3.63, 3.8) is 0 Å². The van der Waals surface area contributed by atoms with Crippen molar-refractivity contribution >= 4 is 17.6 Å². The van der Waals surface area contributed by atoms with E-state index in [9.17, 15) is 4.79 Å². The van der Waals surface area contributed by atoms with Gasteiger partial charge in [0.1, 0.15) is 11.4 Å². The SMILES string of the molecule is Cc1cc(NC2CCCc3cc(NC(=O)OC(C)(C)C)ccc32)nnc1C. The topological polar surface area (TPSA) is 76.1 Å². The summed E-state index contributed by atoms with van der Waals surface area (Å²) in [5.41, 5.74) is 4.80. The molecule has 2 aromatic rings. The fourth-order valence-electron chi connectivity index (χ4n) is 3.26. The molecule has 1 aliphatic rings. The van der Waals surface area contributed by atoms with Gasteiger partial charge in [-0.15, -0.1) is 5.10 Å². The second-order valence-corrected chi connectivity index (χ2v) is 8.13. The molecule has 2 N–H and O–H groups in total. The predicted octanol–water partition coefficient (Wildman–Crippen LogP) is 4.93. The minimum atomic E-state index is -0.513. The van der Waals surface area contributed by atoms with Gasteiger partial charge in [0, 0.05) is 5.69 Å². The van der Waals surface area contributed by atoms with Gasteiger partial charge in [0.05, 0.1) is 11.7 Å². The molecule has 1 aliphatic carbocycles. The van der Waals surface area contributed by atoms with Crippen LogP contribution in [0.5, 0.6) is 0 Å². The average molecular weight is 368 g/mol.